The lowest BCUT2D eigenvalue weighted by atomic mass is 9.91. The van der Waals surface area contributed by atoms with Gasteiger partial charge in [0.15, 0.2) is 0 Å². The molecule has 0 N–H and O–H groups in total. The minimum absolute atomic E-state index is 0.730. The second kappa shape index (κ2) is 9.99. The predicted molar refractivity (Wildman–Crippen MR) is 189 cm³/mol. The summed E-state index contributed by atoms with van der Waals surface area (Å²) in [6.45, 7) is 0. The maximum Gasteiger partial charge on any atom is 0.145 e. The van der Waals surface area contributed by atoms with Crippen molar-refractivity contribution in [2.24, 2.45) is 0 Å². The van der Waals surface area contributed by atoms with E-state index in [4.69, 9.17) is 14.7 Å². The average Bonchev–Trinajstić information content (AvgIpc) is 3.84. The zero-order valence-electron chi connectivity index (χ0n) is 25.1. The topological polar surface area (TPSA) is 56.7 Å². The first kappa shape index (κ1) is 25.8. The predicted octanol–water partition coefficient (Wildman–Crippen LogP) is 10.1. The van der Waals surface area contributed by atoms with Gasteiger partial charge in [0.2, 0.25) is 0 Å². The highest BCUT2D eigenvalue weighted by molar-refractivity contribution is 6.20. The molecule has 0 spiro atoms. The van der Waals surface area contributed by atoms with Gasteiger partial charge in [0, 0.05) is 58.1 Å². The molecule has 6 nitrogen and oxygen atoms in total. The molecule has 5 heterocycles. The summed E-state index contributed by atoms with van der Waals surface area (Å²) in [4.78, 5) is 14.2. The summed E-state index contributed by atoms with van der Waals surface area (Å²) < 4.78 is 10.9. The molecule has 0 saturated heterocycles. The summed E-state index contributed by atoms with van der Waals surface area (Å²) in [5, 5.41) is 5.35. The fourth-order valence-electron chi connectivity index (χ4n) is 7.11. The van der Waals surface area contributed by atoms with Crippen LogP contribution in [-0.2, 0) is 0 Å². The normalized spacial score (nSPS) is 11.8. The minimum atomic E-state index is 0.730. The Morgan fingerprint density at radius 3 is 1.83 bits per heavy atom. The van der Waals surface area contributed by atoms with Crippen LogP contribution < -0.4 is 4.74 Å². The van der Waals surface area contributed by atoms with E-state index >= 15 is 0 Å². The van der Waals surface area contributed by atoms with Gasteiger partial charge in [-0.25, -0.2) is 9.97 Å². The summed E-state index contributed by atoms with van der Waals surface area (Å²) in [5.74, 6) is 1.47. The van der Waals surface area contributed by atoms with Crippen LogP contribution in [0.4, 0.5) is 0 Å². The van der Waals surface area contributed by atoms with Crippen LogP contribution in [0.15, 0.2) is 152 Å². The molecular formula is C41H25N5O. The number of pyridine rings is 3. The van der Waals surface area contributed by atoms with E-state index < -0.39 is 0 Å². The third-order valence-corrected chi connectivity index (χ3v) is 9.14. The van der Waals surface area contributed by atoms with Crippen LogP contribution >= 0.6 is 0 Å². The zero-order valence-corrected chi connectivity index (χ0v) is 25.1. The van der Waals surface area contributed by atoms with Crippen LogP contribution in [0.5, 0.6) is 11.5 Å². The zero-order chi connectivity index (χ0) is 30.9. The molecule has 0 radical (unpaired) electrons. The van der Waals surface area contributed by atoms with Crippen LogP contribution in [-0.4, -0.2) is 23.8 Å². The lowest BCUT2D eigenvalue weighted by molar-refractivity contribution is 0.484. The molecule has 10 aromatic rings. The van der Waals surface area contributed by atoms with Crippen molar-refractivity contribution in [3.63, 3.8) is 0 Å². The molecule has 6 heteroatoms. The largest absolute Gasteiger partial charge is 0.457 e. The Labute approximate surface area is 268 Å². The van der Waals surface area contributed by atoms with Crippen molar-refractivity contribution in [1.29, 1.82) is 0 Å². The van der Waals surface area contributed by atoms with Gasteiger partial charge in [0.25, 0.3) is 0 Å². The van der Waals surface area contributed by atoms with Gasteiger partial charge in [-0.05, 0) is 70.6 Å². The van der Waals surface area contributed by atoms with E-state index in [0.717, 1.165) is 72.0 Å². The van der Waals surface area contributed by atoms with Gasteiger partial charge in [-0.15, -0.1) is 0 Å². The fourth-order valence-corrected chi connectivity index (χ4v) is 7.11. The molecule has 0 saturated carbocycles. The number of imidazole rings is 2. The quantitative estimate of drug-likeness (QED) is 0.188. The molecule has 0 bridgehead atoms. The molecule has 0 unspecified atom stereocenters. The molecule has 5 aromatic carbocycles. The molecule has 0 aliphatic carbocycles. The summed E-state index contributed by atoms with van der Waals surface area (Å²) in [6, 6.07) is 42.1. The Balaban J connectivity index is 1.19. The van der Waals surface area contributed by atoms with Gasteiger partial charge in [0.1, 0.15) is 22.8 Å². The molecule has 0 fully saturated rings. The highest BCUT2D eigenvalue weighted by Crippen LogP contribution is 2.42. The van der Waals surface area contributed by atoms with Gasteiger partial charge in [-0.1, -0.05) is 72.8 Å². The van der Waals surface area contributed by atoms with E-state index in [9.17, 15) is 0 Å². The summed E-state index contributed by atoms with van der Waals surface area (Å²) in [7, 11) is 0. The van der Waals surface area contributed by atoms with Gasteiger partial charge in [0.05, 0.1) is 16.6 Å². The van der Waals surface area contributed by atoms with Crippen LogP contribution in [0.3, 0.4) is 0 Å². The van der Waals surface area contributed by atoms with E-state index in [2.05, 4.69) is 129 Å². The van der Waals surface area contributed by atoms with Crippen LogP contribution in [0.25, 0.3) is 77.0 Å². The van der Waals surface area contributed by atoms with Crippen molar-refractivity contribution in [3.8, 4) is 33.8 Å². The van der Waals surface area contributed by atoms with Crippen molar-refractivity contribution in [3.05, 3.63) is 152 Å². The number of hydrogen-bond acceptors (Lipinski definition) is 4. The first-order valence-corrected chi connectivity index (χ1v) is 15.6. The molecule has 47 heavy (non-hydrogen) atoms. The van der Waals surface area contributed by atoms with Gasteiger partial charge < -0.3 is 4.74 Å². The number of rotatable bonds is 4. The standard InChI is InChI=1S/C41H25N5O/c1-3-8-26(9-4-1)30-17-18-31(27-10-5-2-6-11-27)39-37(30)32-15-13-28(24-34(32)41-44-21-23-46(39)41)47-29-14-16-33-35(25-29)40-43-20-22-45(40)36-12-7-19-42-38(33)36/h1-25H. The van der Waals surface area contributed by atoms with E-state index in [1.807, 2.05) is 36.9 Å². The van der Waals surface area contributed by atoms with Gasteiger partial charge >= 0.3 is 0 Å². The molecule has 5 aromatic heterocycles. The Hall–Kier alpha value is -6.53. The second-order valence-corrected chi connectivity index (χ2v) is 11.7. The molecule has 0 atom stereocenters. The highest BCUT2D eigenvalue weighted by atomic mass is 16.5. The van der Waals surface area contributed by atoms with Crippen LogP contribution in [0.2, 0.25) is 0 Å². The maximum absolute atomic E-state index is 6.58. The second-order valence-electron chi connectivity index (χ2n) is 11.7. The molecular weight excluding hydrogens is 578 g/mol. The third kappa shape index (κ3) is 3.88. The third-order valence-electron chi connectivity index (χ3n) is 9.14. The Kier molecular flexibility index (Phi) is 5.48. The molecule has 10 rings (SSSR count). The van der Waals surface area contributed by atoms with E-state index in [1.54, 1.807) is 0 Å². The minimum Gasteiger partial charge on any atom is -0.457 e. The Morgan fingerprint density at radius 2 is 1.09 bits per heavy atom. The number of benzene rings is 5. The smallest absolute Gasteiger partial charge is 0.145 e. The summed E-state index contributed by atoms with van der Waals surface area (Å²) in [6.07, 6.45) is 9.57. The van der Waals surface area contributed by atoms with Gasteiger partial charge in [-0.3, -0.25) is 13.8 Å². The van der Waals surface area contributed by atoms with E-state index in [-0.39, 0.29) is 0 Å². The van der Waals surface area contributed by atoms with Gasteiger partial charge in [-0.2, -0.15) is 0 Å². The number of hydrogen-bond donors (Lipinski definition) is 0. The van der Waals surface area contributed by atoms with E-state index in [1.165, 1.54) is 16.5 Å². The van der Waals surface area contributed by atoms with Crippen molar-refractivity contribution in [2.45, 2.75) is 0 Å². The molecule has 0 aliphatic rings. The fraction of sp³-hybridized carbons (Fsp3) is 0. The highest BCUT2D eigenvalue weighted by Gasteiger charge is 2.19. The lowest BCUT2D eigenvalue weighted by Gasteiger charge is -2.17. The van der Waals surface area contributed by atoms with Crippen LogP contribution in [0.1, 0.15) is 0 Å². The number of nitrogens with zero attached hydrogens (tertiary/aromatic N) is 5. The van der Waals surface area contributed by atoms with Crippen molar-refractivity contribution in [1.82, 2.24) is 23.8 Å². The molecule has 0 amide bonds. The molecule has 220 valence electrons. The van der Waals surface area contributed by atoms with Crippen molar-refractivity contribution < 1.29 is 4.74 Å². The Morgan fingerprint density at radius 1 is 0.468 bits per heavy atom. The van der Waals surface area contributed by atoms with Crippen molar-refractivity contribution in [2.75, 3.05) is 0 Å². The average molecular weight is 604 g/mol. The number of ether oxygens (including phenoxy) is 1. The number of fused-ring (bicyclic) bond motifs is 12. The summed E-state index contributed by atoms with van der Waals surface area (Å²) >= 11 is 0. The monoisotopic (exact) mass is 603 g/mol. The maximum atomic E-state index is 6.58. The number of aromatic nitrogens is 5. The summed E-state index contributed by atoms with van der Waals surface area (Å²) in [5.41, 5.74) is 9.51. The first-order valence-electron chi connectivity index (χ1n) is 15.6. The lowest BCUT2D eigenvalue weighted by Crippen LogP contribution is -1.96. The first-order chi connectivity index (χ1) is 23.3. The van der Waals surface area contributed by atoms with Crippen molar-refractivity contribution >= 4 is 54.8 Å². The Bertz CT molecular complexity index is 2820. The van der Waals surface area contributed by atoms with E-state index in [0.29, 0.717) is 0 Å². The molecule has 0 aliphatic heterocycles. The SMILES string of the molecule is c1ccc(-c2ccc(-c3ccccc3)c3c2c2ccc(Oc4ccc5c(c4)c4nccn4c4cccnc54)cc2c2nccn23)cc1. The van der Waals surface area contributed by atoms with Crippen LogP contribution in [0, 0.1) is 0 Å².